The number of aliphatic hydroxyl groups excluding tert-OH is 1. The second-order valence-corrected chi connectivity index (χ2v) is 4.58. The van der Waals surface area contributed by atoms with Crippen molar-refractivity contribution in [2.24, 2.45) is 5.92 Å². The molecular formula is C14H20O4. The monoisotopic (exact) mass is 252 g/mol. The molecule has 1 fully saturated rings. The maximum absolute atomic E-state index is 10.4. The van der Waals surface area contributed by atoms with E-state index in [0.717, 1.165) is 18.4 Å². The molecule has 0 heterocycles. The van der Waals surface area contributed by atoms with E-state index in [0.29, 0.717) is 23.2 Å². The quantitative estimate of drug-likeness (QED) is 0.875. The summed E-state index contributed by atoms with van der Waals surface area (Å²) in [5.41, 5.74) is 0.778. The van der Waals surface area contributed by atoms with Gasteiger partial charge in [-0.25, -0.2) is 0 Å². The summed E-state index contributed by atoms with van der Waals surface area (Å²) in [5, 5.41) is 10.4. The number of aliphatic hydroxyl groups is 1. The number of rotatable bonds is 5. The van der Waals surface area contributed by atoms with E-state index in [-0.39, 0.29) is 0 Å². The molecule has 1 aliphatic carbocycles. The van der Waals surface area contributed by atoms with Crippen molar-refractivity contribution in [2.75, 3.05) is 21.3 Å². The zero-order valence-electron chi connectivity index (χ0n) is 11.1. The van der Waals surface area contributed by atoms with Crippen LogP contribution in [0.1, 0.15) is 30.9 Å². The van der Waals surface area contributed by atoms with Crippen LogP contribution in [0.2, 0.25) is 0 Å². The van der Waals surface area contributed by atoms with E-state index in [2.05, 4.69) is 0 Å². The van der Waals surface area contributed by atoms with E-state index in [1.807, 2.05) is 0 Å². The highest BCUT2D eigenvalue weighted by Crippen LogP contribution is 2.44. The Labute approximate surface area is 107 Å². The van der Waals surface area contributed by atoms with Crippen LogP contribution >= 0.6 is 0 Å². The summed E-state index contributed by atoms with van der Waals surface area (Å²) in [6.45, 7) is 0. The Morgan fingerprint density at radius 2 is 1.56 bits per heavy atom. The third-order valence-electron chi connectivity index (χ3n) is 3.65. The maximum Gasteiger partial charge on any atom is 0.164 e. The third kappa shape index (κ3) is 2.25. The van der Waals surface area contributed by atoms with Crippen LogP contribution in [0.4, 0.5) is 0 Å². The molecule has 0 amide bonds. The normalized spacial score (nSPS) is 16.9. The Bertz CT molecular complexity index is 413. The van der Waals surface area contributed by atoms with Gasteiger partial charge in [0.15, 0.2) is 11.5 Å². The van der Waals surface area contributed by atoms with Gasteiger partial charge in [-0.15, -0.1) is 0 Å². The van der Waals surface area contributed by atoms with Crippen molar-refractivity contribution < 1.29 is 19.3 Å². The van der Waals surface area contributed by atoms with Gasteiger partial charge in [-0.05, 0) is 24.8 Å². The standard InChI is InChI=1S/C14H20O4/c1-16-11-8-13(18-3)12(17-2)7-10(11)14(15)9-5-4-6-9/h7-9,14-15H,4-6H2,1-3H3. The summed E-state index contributed by atoms with van der Waals surface area (Å²) in [6, 6.07) is 3.57. The smallest absolute Gasteiger partial charge is 0.164 e. The SMILES string of the molecule is COc1cc(OC)c(C(O)C2CCC2)cc1OC. The van der Waals surface area contributed by atoms with Gasteiger partial charge in [-0.2, -0.15) is 0 Å². The van der Waals surface area contributed by atoms with Crippen molar-refractivity contribution in [2.45, 2.75) is 25.4 Å². The number of ether oxygens (including phenoxy) is 3. The average Bonchev–Trinajstić information content (AvgIpc) is 2.34. The summed E-state index contributed by atoms with van der Waals surface area (Å²) in [6.07, 6.45) is 2.84. The molecule has 1 saturated carbocycles. The Kier molecular flexibility index (Phi) is 3.97. The minimum absolute atomic E-state index is 0.331. The number of hydrogen-bond acceptors (Lipinski definition) is 4. The molecule has 0 aromatic heterocycles. The first-order chi connectivity index (χ1) is 8.71. The molecule has 4 nitrogen and oxygen atoms in total. The van der Waals surface area contributed by atoms with Crippen LogP contribution in [0.15, 0.2) is 12.1 Å². The molecule has 0 radical (unpaired) electrons. The van der Waals surface area contributed by atoms with Crippen LogP contribution in [-0.4, -0.2) is 26.4 Å². The van der Waals surface area contributed by atoms with Crippen LogP contribution in [0, 0.1) is 5.92 Å². The van der Waals surface area contributed by atoms with Crippen molar-refractivity contribution in [1.29, 1.82) is 0 Å². The molecule has 1 atom stereocenters. The maximum atomic E-state index is 10.4. The fourth-order valence-corrected chi connectivity index (χ4v) is 2.29. The van der Waals surface area contributed by atoms with Crippen molar-refractivity contribution in [3.8, 4) is 17.2 Å². The number of methoxy groups -OCH3 is 3. The van der Waals surface area contributed by atoms with Crippen molar-refractivity contribution in [1.82, 2.24) is 0 Å². The summed E-state index contributed by atoms with van der Waals surface area (Å²) in [5.74, 6) is 2.20. The zero-order chi connectivity index (χ0) is 13.1. The van der Waals surface area contributed by atoms with Crippen molar-refractivity contribution in [3.05, 3.63) is 17.7 Å². The average molecular weight is 252 g/mol. The highest BCUT2D eigenvalue weighted by molar-refractivity contribution is 5.51. The summed E-state index contributed by atoms with van der Waals surface area (Å²) < 4.78 is 15.8. The fourth-order valence-electron chi connectivity index (χ4n) is 2.29. The first-order valence-electron chi connectivity index (χ1n) is 6.19. The van der Waals surface area contributed by atoms with E-state index in [1.54, 1.807) is 33.5 Å². The predicted octanol–water partition coefficient (Wildman–Crippen LogP) is 2.55. The first-order valence-corrected chi connectivity index (χ1v) is 6.19. The van der Waals surface area contributed by atoms with E-state index < -0.39 is 6.10 Å². The molecule has 18 heavy (non-hydrogen) atoms. The van der Waals surface area contributed by atoms with Crippen molar-refractivity contribution in [3.63, 3.8) is 0 Å². The van der Waals surface area contributed by atoms with Gasteiger partial charge >= 0.3 is 0 Å². The van der Waals surface area contributed by atoms with Gasteiger partial charge in [0.1, 0.15) is 5.75 Å². The third-order valence-corrected chi connectivity index (χ3v) is 3.65. The second-order valence-electron chi connectivity index (χ2n) is 4.58. The van der Waals surface area contributed by atoms with Gasteiger partial charge in [-0.1, -0.05) is 6.42 Å². The summed E-state index contributed by atoms with van der Waals surface area (Å²) in [4.78, 5) is 0. The highest BCUT2D eigenvalue weighted by Gasteiger charge is 2.29. The molecular weight excluding hydrogens is 232 g/mol. The van der Waals surface area contributed by atoms with Crippen molar-refractivity contribution >= 4 is 0 Å². The molecule has 2 rings (SSSR count). The van der Waals surface area contributed by atoms with Gasteiger partial charge in [0.25, 0.3) is 0 Å². The van der Waals surface area contributed by atoms with Crippen LogP contribution in [0.3, 0.4) is 0 Å². The molecule has 1 aromatic rings. The molecule has 100 valence electrons. The lowest BCUT2D eigenvalue weighted by molar-refractivity contribution is 0.0598. The van der Waals surface area contributed by atoms with Gasteiger partial charge in [0, 0.05) is 11.6 Å². The van der Waals surface area contributed by atoms with E-state index in [4.69, 9.17) is 14.2 Å². The van der Waals surface area contributed by atoms with Crippen LogP contribution in [0.25, 0.3) is 0 Å². The number of benzene rings is 1. The molecule has 1 unspecified atom stereocenters. The molecule has 0 bridgehead atoms. The Morgan fingerprint density at radius 1 is 1.00 bits per heavy atom. The Hall–Kier alpha value is -1.42. The van der Waals surface area contributed by atoms with E-state index >= 15 is 0 Å². The lowest BCUT2D eigenvalue weighted by Crippen LogP contribution is -2.20. The second kappa shape index (κ2) is 5.48. The minimum atomic E-state index is -0.492. The van der Waals surface area contributed by atoms with Crippen LogP contribution < -0.4 is 14.2 Å². The Morgan fingerprint density at radius 3 is 2.00 bits per heavy atom. The molecule has 4 heteroatoms. The molecule has 1 N–H and O–H groups in total. The summed E-state index contributed by atoms with van der Waals surface area (Å²) >= 11 is 0. The molecule has 1 aliphatic rings. The molecule has 0 saturated heterocycles. The molecule has 1 aromatic carbocycles. The topological polar surface area (TPSA) is 47.9 Å². The summed E-state index contributed by atoms with van der Waals surface area (Å²) in [7, 11) is 4.77. The minimum Gasteiger partial charge on any atom is -0.496 e. The lowest BCUT2D eigenvalue weighted by Gasteiger charge is -2.31. The zero-order valence-corrected chi connectivity index (χ0v) is 11.1. The van der Waals surface area contributed by atoms with Gasteiger partial charge in [-0.3, -0.25) is 0 Å². The number of hydrogen-bond donors (Lipinski definition) is 1. The van der Waals surface area contributed by atoms with Crippen LogP contribution in [0.5, 0.6) is 17.2 Å². The van der Waals surface area contributed by atoms with Gasteiger partial charge in [0.05, 0.1) is 27.4 Å². The van der Waals surface area contributed by atoms with Gasteiger partial charge < -0.3 is 19.3 Å². The lowest BCUT2D eigenvalue weighted by atomic mass is 9.78. The predicted molar refractivity (Wildman–Crippen MR) is 68.4 cm³/mol. The van der Waals surface area contributed by atoms with Gasteiger partial charge in [0.2, 0.25) is 0 Å². The van der Waals surface area contributed by atoms with E-state index in [9.17, 15) is 5.11 Å². The highest BCUT2D eigenvalue weighted by atomic mass is 16.5. The fraction of sp³-hybridized carbons (Fsp3) is 0.571. The molecule has 0 spiro atoms. The van der Waals surface area contributed by atoms with E-state index in [1.165, 1.54) is 6.42 Å². The Balaban J connectivity index is 2.37. The molecule has 0 aliphatic heterocycles. The first kappa shape index (κ1) is 13.0. The largest absolute Gasteiger partial charge is 0.496 e. The van der Waals surface area contributed by atoms with Crippen LogP contribution in [-0.2, 0) is 0 Å².